The fraction of sp³-hybridized carbons (Fsp3) is 0.551. The highest BCUT2D eigenvalue weighted by molar-refractivity contribution is 6.26. The summed E-state index contributed by atoms with van der Waals surface area (Å²) in [7, 11) is 0. The number of fused-ring (bicyclic) bond motifs is 3. The third-order valence-corrected chi connectivity index (χ3v) is 16.0. The molecule has 7 aliphatic rings. The third kappa shape index (κ3) is 6.21. The number of ketones is 2. The van der Waals surface area contributed by atoms with E-state index < -0.39 is 52.8 Å². The molecule has 1 aliphatic heterocycles. The molecular weight excluding hydrogens is 749 g/mol. The number of carboxylic acid groups (broad SMARTS) is 1. The number of aliphatic hydroxyl groups is 1. The lowest BCUT2D eigenvalue weighted by Gasteiger charge is -2.58. The first-order valence-corrected chi connectivity index (χ1v) is 21.4. The number of rotatable bonds is 8. The lowest BCUT2D eigenvalue weighted by atomic mass is 9.46. The van der Waals surface area contributed by atoms with Gasteiger partial charge in [0.05, 0.1) is 17.6 Å². The molecule has 4 N–H and O–H groups in total. The van der Waals surface area contributed by atoms with E-state index in [2.05, 4.69) is 59.8 Å². The molecule has 0 aromatic heterocycles. The number of carbonyl (C=O) groups is 4. The molecule has 0 unspecified atom stereocenters. The molecule has 59 heavy (non-hydrogen) atoms. The largest absolute Gasteiger partial charge is 0.508 e. The highest BCUT2D eigenvalue weighted by Crippen LogP contribution is 2.72. The first-order chi connectivity index (χ1) is 27.7. The number of ether oxygens (including phenoxy) is 2. The van der Waals surface area contributed by atoms with E-state index in [9.17, 15) is 39.6 Å². The van der Waals surface area contributed by atoms with Crippen molar-refractivity contribution in [3.8, 4) is 11.5 Å². The number of benzene rings is 1. The molecule has 0 saturated heterocycles. The summed E-state index contributed by atoms with van der Waals surface area (Å²) >= 11 is 0. The Morgan fingerprint density at radius 3 is 2.37 bits per heavy atom. The Hall–Kier alpha value is -4.70. The van der Waals surface area contributed by atoms with Gasteiger partial charge >= 0.3 is 11.9 Å². The van der Waals surface area contributed by atoms with Crippen LogP contribution in [-0.4, -0.2) is 55.6 Å². The Kier molecular flexibility index (Phi) is 9.89. The molecular formula is C49H58O10. The summed E-state index contributed by atoms with van der Waals surface area (Å²) in [5, 5.41) is 42.6. The lowest BCUT2D eigenvalue weighted by molar-refractivity contribution is -0.147. The Balaban J connectivity index is 1.21. The van der Waals surface area contributed by atoms with Crippen LogP contribution in [0.15, 0.2) is 82.4 Å². The number of carboxylic acids is 1. The van der Waals surface area contributed by atoms with Gasteiger partial charge in [-0.1, -0.05) is 76.5 Å². The van der Waals surface area contributed by atoms with Crippen molar-refractivity contribution in [1.29, 1.82) is 0 Å². The van der Waals surface area contributed by atoms with Gasteiger partial charge in [-0.15, -0.1) is 0 Å². The van der Waals surface area contributed by atoms with Crippen molar-refractivity contribution in [3.63, 3.8) is 0 Å². The lowest BCUT2D eigenvalue weighted by Crippen LogP contribution is -2.52. The maximum atomic E-state index is 14.1. The van der Waals surface area contributed by atoms with Gasteiger partial charge in [-0.3, -0.25) is 14.4 Å². The monoisotopic (exact) mass is 806 g/mol. The smallest absolute Gasteiger partial charge is 0.343 e. The van der Waals surface area contributed by atoms with Crippen LogP contribution in [0.3, 0.4) is 0 Å². The van der Waals surface area contributed by atoms with E-state index in [4.69, 9.17) is 9.47 Å². The molecule has 10 heteroatoms. The highest BCUT2D eigenvalue weighted by Gasteiger charge is 2.65. The van der Waals surface area contributed by atoms with E-state index in [1.807, 2.05) is 0 Å². The molecule has 0 bridgehead atoms. The van der Waals surface area contributed by atoms with Crippen LogP contribution in [0.5, 0.6) is 11.5 Å². The number of carbonyl (C=O) groups excluding carboxylic acids is 3. The summed E-state index contributed by atoms with van der Waals surface area (Å²) in [6.07, 6.45) is 15.4. The molecule has 1 aromatic rings. The van der Waals surface area contributed by atoms with E-state index in [0.29, 0.717) is 24.0 Å². The Bertz CT molecular complexity index is 2210. The van der Waals surface area contributed by atoms with E-state index >= 15 is 0 Å². The first kappa shape index (κ1) is 41.1. The quantitative estimate of drug-likeness (QED) is 0.114. The fourth-order valence-corrected chi connectivity index (χ4v) is 12.4. The van der Waals surface area contributed by atoms with Crippen molar-refractivity contribution < 1.29 is 49.1 Å². The van der Waals surface area contributed by atoms with Gasteiger partial charge in [0.1, 0.15) is 29.1 Å². The maximum absolute atomic E-state index is 14.1. The van der Waals surface area contributed by atoms with Crippen LogP contribution in [0.2, 0.25) is 0 Å². The number of phenolic OH excluding ortho intramolecular Hbond substituents is 2. The molecule has 0 spiro atoms. The number of phenols is 2. The van der Waals surface area contributed by atoms with Crippen molar-refractivity contribution in [3.05, 3.63) is 93.5 Å². The Morgan fingerprint density at radius 1 is 0.983 bits per heavy atom. The zero-order valence-corrected chi connectivity index (χ0v) is 35.4. The van der Waals surface area contributed by atoms with Crippen molar-refractivity contribution in [2.24, 2.45) is 64.1 Å². The van der Waals surface area contributed by atoms with Gasteiger partial charge in [0.25, 0.3) is 0 Å². The second-order valence-electron chi connectivity index (χ2n) is 19.7. The van der Waals surface area contributed by atoms with Gasteiger partial charge in [-0.25, -0.2) is 4.79 Å². The molecule has 314 valence electrons. The summed E-state index contributed by atoms with van der Waals surface area (Å²) < 4.78 is 12.0. The second-order valence-corrected chi connectivity index (χ2v) is 19.7. The average Bonchev–Trinajstić information content (AvgIpc) is 3.47. The van der Waals surface area contributed by atoms with Crippen molar-refractivity contribution in [1.82, 2.24) is 0 Å². The molecule has 10 nitrogen and oxygen atoms in total. The maximum Gasteiger partial charge on any atom is 0.343 e. The zero-order valence-electron chi connectivity index (χ0n) is 35.4. The van der Waals surface area contributed by atoms with Gasteiger partial charge < -0.3 is 29.9 Å². The normalized spacial score (nSPS) is 37.0. The zero-order chi connectivity index (χ0) is 42.7. The third-order valence-electron chi connectivity index (χ3n) is 16.0. The summed E-state index contributed by atoms with van der Waals surface area (Å²) in [6.45, 7) is 16.4. The first-order valence-electron chi connectivity index (χ1n) is 21.4. The summed E-state index contributed by atoms with van der Waals surface area (Å²) in [6, 6.07) is 2.23. The van der Waals surface area contributed by atoms with Crippen LogP contribution in [0.25, 0.3) is 0 Å². The Labute approximate surface area is 346 Å². The molecule has 0 radical (unpaired) electrons. The minimum absolute atomic E-state index is 0.00292. The van der Waals surface area contributed by atoms with Crippen LogP contribution in [0.4, 0.5) is 0 Å². The number of aryl methyl sites for hydroxylation is 1. The molecule has 8 rings (SSSR count). The van der Waals surface area contributed by atoms with Crippen LogP contribution in [0.1, 0.15) is 103 Å². The van der Waals surface area contributed by atoms with Gasteiger partial charge in [0.2, 0.25) is 17.2 Å². The van der Waals surface area contributed by atoms with Gasteiger partial charge in [0.15, 0.2) is 0 Å². The van der Waals surface area contributed by atoms with Crippen molar-refractivity contribution in [2.45, 2.75) is 106 Å². The fourth-order valence-electron chi connectivity index (χ4n) is 12.4. The van der Waals surface area contributed by atoms with E-state index in [1.165, 1.54) is 49.0 Å². The second kappa shape index (κ2) is 14.2. The minimum atomic E-state index is -2.27. The number of Topliss-reactive ketones (excluding diaryl/α,β-unsaturated/α-hetero) is 1. The van der Waals surface area contributed by atoms with Gasteiger partial charge in [0, 0.05) is 17.9 Å². The highest BCUT2D eigenvalue weighted by atomic mass is 16.6. The molecule has 0 amide bonds. The van der Waals surface area contributed by atoms with Crippen LogP contribution < -0.4 is 0 Å². The summed E-state index contributed by atoms with van der Waals surface area (Å²) in [5.74, 6) is -4.61. The molecule has 12 atom stereocenters. The number of hydrogen-bond acceptors (Lipinski definition) is 9. The number of hydrogen-bond donors (Lipinski definition) is 4. The number of aromatic hydroxyl groups is 2. The minimum Gasteiger partial charge on any atom is -0.508 e. The van der Waals surface area contributed by atoms with Gasteiger partial charge in [-0.2, -0.15) is 0 Å². The van der Waals surface area contributed by atoms with E-state index in [1.54, 1.807) is 6.08 Å². The molecule has 2 saturated carbocycles. The number of aliphatic hydroxyl groups excluding tert-OH is 1. The summed E-state index contributed by atoms with van der Waals surface area (Å²) in [4.78, 5) is 55.2. The standard InChI is InChI=1S/C49H58O10/c1-23(2)24(3)9-10-25(4)35-21-32-42(45(55)56)41(31-19-28-18-29(50)11-13-47(28,6)34-12-14-48(35,7)43(32)40(31)34)37-16-27-17-38(53)49(8,44(54)33(27)22-58-37)59-46(57)39-26(5)15-30(51)20-36(39)52/h9-10,15-17,19-20,22-25,29,31-32,34-35,41-42,50-52H,11-14,18,21H2,1-8H3,(H,55,56)/t24-,25+,29-,31+,32+,34-,35+,41-,42+,47-,48+,49+/m0/s1. The SMILES string of the molecule is Cc1cc(O)cc(O)c1C(=O)O[C@]1(C)C(=O)C=C2C=C([C@H]3[C@H](C(=O)O)[C@H]4C[C@H]([C@H](C)C=C[C@H](C)C(C)C)[C@@]5(C)CC[C@H]6C(=C45)[C@H]3C=C3C[C@@H](O)CC[C@@]36C)OC=C2C1=O. The number of aliphatic carboxylic acids is 1. The van der Waals surface area contributed by atoms with Gasteiger partial charge in [-0.05, 0) is 128 Å². The molecule has 6 aliphatic carbocycles. The average molecular weight is 807 g/mol. The number of esters is 1. The van der Waals surface area contributed by atoms with Crippen molar-refractivity contribution >= 4 is 23.5 Å². The topological polar surface area (TPSA) is 168 Å². The molecule has 1 heterocycles. The van der Waals surface area contributed by atoms with E-state index in [0.717, 1.165) is 38.2 Å². The van der Waals surface area contributed by atoms with Crippen molar-refractivity contribution in [2.75, 3.05) is 0 Å². The number of allylic oxidation sites excluding steroid dienone is 8. The van der Waals surface area contributed by atoms with Crippen LogP contribution >= 0.6 is 0 Å². The summed E-state index contributed by atoms with van der Waals surface area (Å²) in [5.41, 5.74) is 1.35. The predicted molar refractivity (Wildman–Crippen MR) is 220 cm³/mol. The van der Waals surface area contributed by atoms with Crippen LogP contribution in [0, 0.1) is 71.0 Å². The van der Waals surface area contributed by atoms with E-state index in [-0.39, 0.29) is 68.4 Å². The molecule has 1 aromatic carbocycles. The molecule has 2 fully saturated rings. The Morgan fingerprint density at radius 2 is 1.69 bits per heavy atom. The van der Waals surface area contributed by atoms with Crippen LogP contribution in [-0.2, 0) is 23.9 Å². The predicted octanol–water partition coefficient (Wildman–Crippen LogP) is 8.47.